The highest BCUT2D eigenvalue weighted by Gasteiger charge is 2.46. The molecule has 1 rings (SSSR count). The van der Waals surface area contributed by atoms with Crippen LogP contribution in [0, 0.1) is 11.8 Å². The fourth-order valence-corrected chi connectivity index (χ4v) is 1.72. The van der Waals surface area contributed by atoms with E-state index in [1.54, 1.807) is 5.92 Å². The van der Waals surface area contributed by atoms with Gasteiger partial charge in [-0.05, 0) is 37.1 Å². The second kappa shape index (κ2) is 8.46. The first kappa shape index (κ1) is 20.4. The smallest absolute Gasteiger partial charge is 0.299 e. The van der Waals surface area contributed by atoms with Gasteiger partial charge in [0.2, 0.25) is 0 Å². The summed E-state index contributed by atoms with van der Waals surface area (Å²) in [7, 11) is 0. The van der Waals surface area contributed by atoms with E-state index in [1.165, 1.54) is 12.1 Å². The maximum atomic E-state index is 12.9. The molecule has 25 heavy (non-hydrogen) atoms. The third-order valence-electron chi connectivity index (χ3n) is 3.15. The predicted molar refractivity (Wildman–Crippen MR) is 77.1 cm³/mol. The molecule has 1 aromatic rings. The number of carbonyl (C=O) groups is 2. The maximum absolute atomic E-state index is 12.9. The van der Waals surface area contributed by atoms with Crippen LogP contribution < -0.4 is 10.8 Å². The van der Waals surface area contributed by atoms with Crippen LogP contribution in [0.3, 0.4) is 0 Å². The zero-order valence-electron chi connectivity index (χ0n) is 12.8. The molecule has 0 spiro atoms. The molecule has 0 aliphatic carbocycles. The monoisotopic (exact) mass is 362 g/mol. The van der Waals surface area contributed by atoms with Crippen LogP contribution in [0.15, 0.2) is 24.3 Å². The van der Waals surface area contributed by atoms with Crippen molar-refractivity contribution in [2.24, 2.45) is 0 Å². The molecule has 10 heteroatoms. The molecule has 1 aromatic carbocycles. The van der Waals surface area contributed by atoms with Gasteiger partial charge < -0.3 is 10.4 Å². The Bertz CT molecular complexity index is 681. The highest BCUT2D eigenvalue weighted by molar-refractivity contribution is 5.97. The molecular formula is C15H14F4N2O4. The Morgan fingerprint density at radius 3 is 2.16 bits per heavy atom. The number of hydrogen-bond acceptors (Lipinski definition) is 4. The van der Waals surface area contributed by atoms with Gasteiger partial charge in [-0.2, -0.15) is 8.78 Å². The fourth-order valence-electron chi connectivity index (χ4n) is 1.72. The molecule has 4 N–H and O–H groups in total. The van der Waals surface area contributed by atoms with Crippen LogP contribution >= 0.6 is 0 Å². The lowest BCUT2D eigenvalue weighted by Crippen LogP contribution is -2.61. The van der Waals surface area contributed by atoms with E-state index in [-0.39, 0.29) is 11.1 Å². The molecule has 0 saturated carbocycles. The summed E-state index contributed by atoms with van der Waals surface area (Å²) in [6.45, 7) is 0.612. The Hall–Kier alpha value is -2.64. The number of alkyl halides is 4. The van der Waals surface area contributed by atoms with Crippen molar-refractivity contribution >= 4 is 11.8 Å². The molecule has 0 bridgehead atoms. The number of benzene rings is 1. The molecule has 2 atom stereocenters. The van der Waals surface area contributed by atoms with Gasteiger partial charge in [-0.3, -0.25) is 14.8 Å². The highest BCUT2D eigenvalue weighted by atomic mass is 19.3. The second-order valence-electron chi connectivity index (χ2n) is 5.06. The fraction of sp³-hybridized carbons (Fsp3) is 0.333. The van der Waals surface area contributed by atoms with E-state index in [2.05, 4.69) is 5.92 Å². The first-order valence-electron chi connectivity index (χ1n) is 6.74. The average molecular weight is 362 g/mol. The van der Waals surface area contributed by atoms with Crippen LogP contribution in [0.4, 0.5) is 17.6 Å². The van der Waals surface area contributed by atoms with E-state index in [4.69, 9.17) is 5.21 Å². The quantitative estimate of drug-likeness (QED) is 0.271. The molecule has 0 heterocycles. The number of hydroxylamine groups is 1. The van der Waals surface area contributed by atoms with E-state index in [9.17, 15) is 32.3 Å². The van der Waals surface area contributed by atoms with Crippen LogP contribution in [0.1, 0.15) is 22.8 Å². The van der Waals surface area contributed by atoms with Gasteiger partial charge in [0.15, 0.2) is 5.60 Å². The molecule has 0 saturated heterocycles. The molecule has 136 valence electrons. The van der Waals surface area contributed by atoms with Crippen molar-refractivity contribution < 1.29 is 37.5 Å². The summed E-state index contributed by atoms with van der Waals surface area (Å²) in [5.41, 5.74) is -1.80. The highest BCUT2D eigenvalue weighted by Crippen LogP contribution is 2.20. The number of amides is 2. The molecule has 2 amide bonds. The van der Waals surface area contributed by atoms with Crippen molar-refractivity contribution in [2.45, 2.75) is 31.4 Å². The summed E-state index contributed by atoms with van der Waals surface area (Å²) >= 11 is 0. The Balaban J connectivity index is 2.98. The summed E-state index contributed by atoms with van der Waals surface area (Å²) < 4.78 is 49.7. The van der Waals surface area contributed by atoms with Gasteiger partial charge in [0.25, 0.3) is 24.7 Å². The van der Waals surface area contributed by atoms with Crippen molar-refractivity contribution in [1.82, 2.24) is 10.8 Å². The van der Waals surface area contributed by atoms with Gasteiger partial charge in [-0.15, -0.1) is 0 Å². The number of hydrogen-bond donors (Lipinski definition) is 4. The molecular weight excluding hydrogens is 348 g/mol. The normalized spacial score (nSPS) is 14.3. The van der Waals surface area contributed by atoms with Gasteiger partial charge in [-0.1, -0.05) is 5.92 Å². The van der Waals surface area contributed by atoms with Crippen molar-refractivity contribution in [3.05, 3.63) is 35.4 Å². The molecule has 0 aliphatic heterocycles. The number of aliphatic hydroxyl groups is 1. The summed E-state index contributed by atoms with van der Waals surface area (Å²) in [5, 5.41) is 20.2. The first-order valence-corrected chi connectivity index (χ1v) is 6.74. The summed E-state index contributed by atoms with van der Waals surface area (Å²) in [5.74, 6) is 1.31. The summed E-state index contributed by atoms with van der Waals surface area (Å²) in [6.07, 6.45) is -6.22. The zero-order chi connectivity index (χ0) is 19.2. The molecule has 6 nitrogen and oxygen atoms in total. The van der Waals surface area contributed by atoms with Crippen LogP contribution in [0.25, 0.3) is 0 Å². The Morgan fingerprint density at radius 1 is 1.16 bits per heavy atom. The number of nitrogens with one attached hydrogen (secondary N) is 2. The minimum atomic E-state index is -3.40. The van der Waals surface area contributed by atoms with Gasteiger partial charge in [0.1, 0.15) is 6.04 Å². The lowest BCUT2D eigenvalue weighted by Gasteiger charge is -2.30. The minimum Gasteiger partial charge on any atom is -0.381 e. The molecule has 0 aromatic heterocycles. The van der Waals surface area contributed by atoms with E-state index < -0.39 is 36.3 Å². The Kier molecular flexibility index (Phi) is 6.90. The Morgan fingerprint density at radius 2 is 1.72 bits per heavy atom. The van der Waals surface area contributed by atoms with Gasteiger partial charge in [0.05, 0.1) is 0 Å². The SMILES string of the molecule is C[C@@](O)(C(F)F)[C@H](NC(=O)c1ccc(C#CC(F)F)cc1)C(=O)NO. The average Bonchev–Trinajstić information content (AvgIpc) is 2.57. The lowest BCUT2D eigenvalue weighted by molar-refractivity contribution is -0.149. The van der Waals surface area contributed by atoms with Crippen LogP contribution in [-0.4, -0.2) is 46.6 Å². The number of halogens is 4. The largest absolute Gasteiger partial charge is 0.381 e. The van der Waals surface area contributed by atoms with Crippen LogP contribution in [0.5, 0.6) is 0 Å². The molecule has 0 aliphatic rings. The first-order chi connectivity index (χ1) is 11.6. The molecule has 0 fully saturated rings. The molecule has 0 radical (unpaired) electrons. The van der Waals surface area contributed by atoms with E-state index in [1.807, 2.05) is 5.32 Å². The van der Waals surface area contributed by atoms with Crippen molar-refractivity contribution in [3.63, 3.8) is 0 Å². The number of carbonyl (C=O) groups excluding carboxylic acids is 2. The topological polar surface area (TPSA) is 98.7 Å². The van der Waals surface area contributed by atoms with Gasteiger partial charge >= 0.3 is 0 Å². The third kappa shape index (κ3) is 5.44. The summed E-state index contributed by atoms with van der Waals surface area (Å²) in [6, 6.07) is 2.64. The molecule has 0 unspecified atom stereocenters. The van der Waals surface area contributed by atoms with Crippen molar-refractivity contribution in [1.29, 1.82) is 0 Å². The number of rotatable bonds is 5. The van der Waals surface area contributed by atoms with Crippen molar-refractivity contribution in [3.8, 4) is 11.8 Å². The zero-order valence-corrected chi connectivity index (χ0v) is 12.8. The van der Waals surface area contributed by atoms with Crippen LogP contribution in [-0.2, 0) is 4.79 Å². The summed E-state index contributed by atoms with van der Waals surface area (Å²) in [4.78, 5) is 23.5. The minimum absolute atomic E-state index is 0.108. The van der Waals surface area contributed by atoms with E-state index in [0.717, 1.165) is 17.6 Å². The van der Waals surface area contributed by atoms with E-state index >= 15 is 0 Å². The third-order valence-corrected chi connectivity index (χ3v) is 3.15. The maximum Gasteiger partial charge on any atom is 0.299 e. The van der Waals surface area contributed by atoms with E-state index in [0.29, 0.717) is 6.92 Å². The van der Waals surface area contributed by atoms with Crippen molar-refractivity contribution in [2.75, 3.05) is 0 Å². The van der Waals surface area contributed by atoms with Gasteiger partial charge in [-0.25, -0.2) is 14.3 Å². The Labute approximate surface area is 139 Å². The second-order valence-corrected chi connectivity index (χ2v) is 5.06. The van der Waals surface area contributed by atoms with Gasteiger partial charge in [0, 0.05) is 11.1 Å². The van der Waals surface area contributed by atoms with Crippen LogP contribution in [0.2, 0.25) is 0 Å². The lowest BCUT2D eigenvalue weighted by atomic mass is 9.95. The standard InChI is InChI=1S/C15H14F4N2O4/c1-15(24,14(18)19)11(13(23)21-25)20-12(22)9-5-2-8(3-6-9)4-7-10(16)17/h2-3,5-6,10-11,14,24-25H,1H3,(H,20,22)(H,21,23)/t11-,15+/m1/s1. The predicted octanol–water partition coefficient (Wildman–Crippen LogP) is 0.923.